The van der Waals surface area contributed by atoms with Gasteiger partial charge in [-0.3, -0.25) is 4.79 Å². The summed E-state index contributed by atoms with van der Waals surface area (Å²) in [4.78, 5) is 12.1. The minimum Gasteiger partial charge on any atom is -0.508 e. The lowest BCUT2D eigenvalue weighted by Gasteiger charge is -2.34. The van der Waals surface area contributed by atoms with Crippen molar-refractivity contribution in [3.8, 4) is 0 Å². The fourth-order valence-electron chi connectivity index (χ4n) is 2.14. The maximum Gasteiger partial charge on any atom is 0.197 e. The van der Waals surface area contributed by atoms with Crippen LogP contribution in [0.3, 0.4) is 0 Å². The summed E-state index contributed by atoms with van der Waals surface area (Å²) in [6.07, 6.45) is 0.386. The SMILES string of the molecule is CC1=C(C)C(O)=C(CCC(C)(C)O)C(O)(CO)C1=O. The van der Waals surface area contributed by atoms with Gasteiger partial charge in [0, 0.05) is 11.1 Å². The zero-order chi connectivity index (χ0) is 15.0. The third kappa shape index (κ3) is 2.88. The molecule has 0 radical (unpaired) electrons. The summed E-state index contributed by atoms with van der Waals surface area (Å²) in [6, 6.07) is 0. The zero-order valence-corrected chi connectivity index (χ0v) is 11.8. The van der Waals surface area contributed by atoms with Crippen LogP contribution in [0.2, 0.25) is 0 Å². The first-order valence-electron chi connectivity index (χ1n) is 6.25. The Labute approximate surface area is 112 Å². The number of aliphatic hydroxyl groups excluding tert-OH is 2. The monoisotopic (exact) mass is 270 g/mol. The minimum absolute atomic E-state index is 0.0743. The van der Waals surface area contributed by atoms with Crippen LogP contribution in [0.5, 0.6) is 0 Å². The fourth-order valence-corrected chi connectivity index (χ4v) is 2.14. The quantitative estimate of drug-likeness (QED) is 0.611. The molecule has 0 aliphatic heterocycles. The van der Waals surface area contributed by atoms with Crippen molar-refractivity contribution in [1.82, 2.24) is 0 Å². The van der Waals surface area contributed by atoms with Gasteiger partial charge >= 0.3 is 0 Å². The Bertz CT molecular complexity index is 453. The highest BCUT2D eigenvalue weighted by atomic mass is 16.3. The van der Waals surface area contributed by atoms with E-state index in [2.05, 4.69) is 0 Å². The molecule has 0 aromatic carbocycles. The largest absolute Gasteiger partial charge is 0.508 e. The molecule has 5 nitrogen and oxygen atoms in total. The highest BCUT2D eigenvalue weighted by Gasteiger charge is 2.45. The normalized spacial score (nSPS) is 25.3. The molecule has 0 amide bonds. The van der Waals surface area contributed by atoms with E-state index in [1.54, 1.807) is 20.8 Å². The topological polar surface area (TPSA) is 98.0 Å². The van der Waals surface area contributed by atoms with E-state index in [1.807, 2.05) is 0 Å². The van der Waals surface area contributed by atoms with Gasteiger partial charge < -0.3 is 20.4 Å². The molecule has 0 heterocycles. The van der Waals surface area contributed by atoms with Crippen LogP contribution in [0.1, 0.15) is 40.5 Å². The van der Waals surface area contributed by atoms with Crippen LogP contribution in [0, 0.1) is 0 Å². The molecule has 5 heteroatoms. The summed E-state index contributed by atoms with van der Waals surface area (Å²) in [6.45, 7) is 5.50. The molecule has 1 aliphatic rings. The third-order valence-electron chi connectivity index (χ3n) is 3.63. The highest BCUT2D eigenvalue weighted by molar-refractivity contribution is 6.06. The number of hydrogen-bond donors (Lipinski definition) is 4. The Hall–Kier alpha value is -1.17. The van der Waals surface area contributed by atoms with Crippen LogP contribution in [0.15, 0.2) is 22.5 Å². The number of allylic oxidation sites excluding steroid dienone is 1. The minimum atomic E-state index is -2.08. The van der Waals surface area contributed by atoms with Gasteiger partial charge in [0.2, 0.25) is 0 Å². The molecule has 0 saturated carbocycles. The molecule has 0 aromatic heterocycles. The van der Waals surface area contributed by atoms with Crippen LogP contribution < -0.4 is 0 Å². The first kappa shape index (κ1) is 15.9. The van der Waals surface area contributed by atoms with Crippen molar-refractivity contribution in [3.05, 3.63) is 22.5 Å². The molecule has 1 aliphatic carbocycles. The zero-order valence-electron chi connectivity index (χ0n) is 11.8. The second-order valence-corrected chi connectivity index (χ2v) is 5.74. The highest BCUT2D eigenvalue weighted by Crippen LogP contribution is 2.37. The van der Waals surface area contributed by atoms with Crippen LogP contribution in [-0.4, -0.2) is 44.0 Å². The second-order valence-electron chi connectivity index (χ2n) is 5.74. The summed E-state index contributed by atoms with van der Waals surface area (Å²) in [5.74, 6) is -0.769. The van der Waals surface area contributed by atoms with Gasteiger partial charge in [0.1, 0.15) is 5.76 Å². The Kier molecular flexibility index (Phi) is 4.24. The molecule has 1 rings (SSSR count). The van der Waals surface area contributed by atoms with Gasteiger partial charge in [-0.15, -0.1) is 0 Å². The summed E-state index contributed by atoms with van der Waals surface area (Å²) < 4.78 is 0. The molecule has 0 bridgehead atoms. The van der Waals surface area contributed by atoms with Gasteiger partial charge in [0.15, 0.2) is 11.4 Å². The predicted molar refractivity (Wildman–Crippen MR) is 70.6 cm³/mol. The number of hydrogen-bond acceptors (Lipinski definition) is 5. The van der Waals surface area contributed by atoms with E-state index in [0.717, 1.165) is 0 Å². The van der Waals surface area contributed by atoms with Gasteiger partial charge in [0.05, 0.1) is 12.2 Å². The summed E-state index contributed by atoms with van der Waals surface area (Å²) in [5.41, 5.74) is -2.37. The van der Waals surface area contributed by atoms with Gasteiger partial charge in [0.25, 0.3) is 0 Å². The maximum atomic E-state index is 12.1. The summed E-state index contributed by atoms with van der Waals surface area (Å²) in [5, 5.41) is 39.5. The van der Waals surface area contributed by atoms with E-state index in [9.17, 15) is 25.2 Å². The van der Waals surface area contributed by atoms with Crippen LogP contribution >= 0.6 is 0 Å². The first-order valence-corrected chi connectivity index (χ1v) is 6.25. The molecule has 0 saturated heterocycles. The standard InChI is InChI=1S/C14H22O5/c1-8-9(2)12(17)14(19,7-15)10(11(8)16)5-6-13(3,4)18/h15-16,18-19H,5-7H2,1-4H3. The Morgan fingerprint density at radius 2 is 1.74 bits per heavy atom. The fraction of sp³-hybridized carbons (Fsp3) is 0.643. The van der Waals surface area contributed by atoms with E-state index in [4.69, 9.17) is 0 Å². The van der Waals surface area contributed by atoms with Crippen molar-refractivity contribution >= 4 is 5.78 Å². The first-order chi connectivity index (χ1) is 8.54. The molecule has 19 heavy (non-hydrogen) atoms. The molecular formula is C14H22O5. The molecule has 1 atom stereocenters. The van der Waals surface area contributed by atoms with E-state index in [0.29, 0.717) is 5.57 Å². The lowest BCUT2D eigenvalue weighted by atomic mass is 9.76. The molecule has 0 spiro atoms. The molecule has 4 N–H and O–H groups in total. The third-order valence-corrected chi connectivity index (χ3v) is 3.63. The average Bonchev–Trinajstić information content (AvgIpc) is 2.32. The number of carbonyl (C=O) groups is 1. The van der Waals surface area contributed by atoms with E-state index < -0.39 is 23.6 Å². The van der Waals surface area contributed by atoms with Crippen molar-refractivity contribution in [1.29, 1.82) is 0 Å². The summed E-state index contributed by atoms with van der Waals surface area (Å²) >= 11 is 0. The molecular weight excluding hydrogens is 248 g/mol. The number of carbonyl (C=O) groups excluding carboxylic acids is 1. The van der Waals surface area contributed by atoms with Crippen LogP contribution in [-0.2, 0) is 4.79 Å². The smallest absolute Gasteiger partial charge is 0.197 e. The molecule has 0 aromatic rings. The summed E-state index contributed by atoms with van der Waals surface area (Å²) in [7, 11) is 0. The van der Waals surface area contributed by atoms with E-state index in [1.165, 1.54) is 6.92 Å². The van der Waals surface area contributed by atoms with Crippen LogP contribution in [0.4, 0.5) is 0 Å². The van der Waals surface area contributed by atoms with Gasteiger partial charge in [-0.05, 0) is 46.1 Å². The van der Waals surface area contributed by atoms with E-state index in [-0.39, 0.29) is 29.7 Å². The van der Waals surface area contributed by atoms with Crippen LogP contribution in [0.25, 0.3) is 0 Å². The number of rotatable bonds is 4. The predicted octanol–water partition coefficient (Wildman–Crippen LogP) is 0.992. The lowest BCUT2D eigenvalue weighted by molar-refractivity contribution is -0.134. The molecule has 0 fully saturated rings. The number of ketones is 1. The van der Waals surface area contributed by atoms with Crippen molar-refractivity contribution in [2.24, 2.45) is 0 Å². The number of Topliss-reactive ketones (excluding diaryl/α,β-unsaturated/α-hetero) is 1. The Morgan fingerprint density at radius 3 is 2.16 bits per heavy atom. The van der Waals surface area contributed by atoms with Crippen molar-refractivity contribution in [3.63, 3.8) is 0 Å². The molecule has 1 unspecified atom stereocenters. The molecule has 108 valence electrons. The van der Waals surface area contributed by atoms with Gasteiger partial charge in [-0.2, -0.15) is 0 Å². The second kappa shape index (κ2) is 5.07. The Balaban J connectivity index is 3.24. The maximum absolute atomic E-state index is 12.1. The number of aliphatic hydroxyl groups is 4. The van der Waals surface area contributed by atoms with Crippen molar-refractivity contribution < 1.29 is 25.2 Å². The van der Waals surface area contributed by atoms with Gasteiger partial charge in [-0.25, -0.2) is 0 Å². The van der Waals surface area contributed by atoms with E-state index >= 15 is 0 Å². The average molecular weight is 270 g/mol. The van der Waals surface area contributed by atoms with Crippen molar-refractivity contribution in [2.75, 3.05) is 6.61 Å². The lowest BCUT2D eigenvalue weighted by Crippen LogP contribution is -2.48. The van der Waals surface area contributed by atoms with Gasteiger partial charge in [-0.1, -0.05) is 0 Å². The Morgan fingerprint density at radius 1 is 1.21 bits per heavy atom. The van der Waals surface area contributed by atoms with Crippen molar-refractivity contribution in [2.45, 2.75) is 51.7 Å².